The highest BCUT2D eigenvalue weighted by Crippen LogP contribution is 2.51. The summed E-state index contributed by atoms with van der Waals surface area (Å²) >= 11 is 4.57. The molecule has 0 fully saturated rings. The van der Waals surface area contributed by atoms with Crippen molar-refractivity contribution in [2.75, 3.05) is 0 Å². The molecule has 0 saturated carbocycles. The minimum atomic E-state index is 0.0696. The molecule has 0 rings (SSSR count). The molecule has 0 aliphatic rings. The summed E-state index contributed by atoms with van der Waals surface area (Å²) in [7, 11) is 0. The van der Waals surface area contributed by atoms with Gasteiger partial charge in [-0.1, -0.05) is 44.1 Å². The van der Waals surface area contributed by atoms with Gasteiger partial charge in [0.15, 0.2) is 0 Å². The Hall–Kier alpha value is 1.89. The van der Waals surface area contributed by atoms with Crippen molar-refractivity contribution in [2.24, 2.45) is 0 Å². The van der Waals surface area contributed by atoms with Crippen LogP contribution in [0.15, 0.2) is 0 Å². The average molecular weight is 299 g/mol. The molecule has 0 spiro atoms. The van der Waals surface area contributed by atoms with Gasteiger partial charge in [-0.25, -0.2) is 0 Å². The van der Waals surface area contributed by atoms with Crippen LogP contribution in [0, 0.1) is 6.66 Å². The first-order chi connectivity index (χ1) is 1.73. The molecule has 26 valence electrons. The van der Waals surface area contributed by atoms with Crippen molar-refractivity contribution in [3.8, 4) is 0 Å². The third-order valence-corrected chi connectivity index (χ3v) is 0. The Morgan fingerprint density at radius 3 is 1.50 bits per heavy atom. The third kappa shape index (κ3) is 9.10. The molecule has 0 aliphatic heterocycles. The van der Waals surface area contributed by atoms with Crippen molar-refractivity contribution < 1.29 is 0 Å². The first-order valence-electron chi connectivity index (χ1n) is 0.654. The molecule has 0 atom stereocenters. The smallest absolute Gasteiger partial charge is 0.0791 e. The summed E-state index contributed by atoms with van der Waals surface area (Å²) in [5.74, 6) is 0. The summed E-state index contributed by atoms with van der Waals surface area (Å²) in [4.78, 5) is 0. The van der Waals surface area contributed by atoms with Crippen LogP contribution in [0.2, 0.25) is 0 Å². The zero-order chi connectivity index (χ0) is 3.58. The Kier molecular flexibility index (Phi) is 4.56. The van der Waals surface area contributed by atoms with E-state index in [1.165, 1.54) is 0 Å². The Morgan fingerprint density at radius 1 is 1.50 bits per heavy atom. The van der Waals surface area contributed by atoms with E-state index in [1.807, 2.05) is 0 Å². The van der Waals surface area contributed by atoms with E-state index in [4.69, 9.17) is 0 Å². The van der Waals surface area contributed by atoms with E-state index in [0.717, 1.165) is 0 Å². The van der Waals surface area contributed by atoms with Gasteiger partial charge in [0.1, 0.15) is 0 Å². The van der Waals surface area contributed by atoms with E-state index in [-0.39, 0.29) is 3.21 Å². The third-order valence-electron chi connectivity index (χ3n) is 0. The van der Waals surface area contributed by atoms with Crippen molar-refractivity contribution >= 4 is 47.3 Å². The van der Waals surface area contributed by atoms with E-state index in [0.29, 0.717) is 0 Å². The number of rotatable bonds is 0. The lowest BCUT2D eigenvalue weighted by Crippen LogP contribution is -1.05. The van der Waals surface area contributed by atoms with Gasteiger partial charge in [0.2, 0.25) is 0 Å². The zero-order valence-electron chi connectivity index (χ0n) is 1.91. The van der Waals surface area contributed by atoms with Gasteiger partial charge in [-0.15, -0.1) is 3.21 Å². The molecule has 0 amide bonds. The van der Waals surface area contributed by atoms with Gasteiger partial charge < -0.3 is 0 Å². The van der Waals surface area contributed by atoms with Crippen LogP contribution in [0.3, 0.4) is 0 Å². The lowest BCUT2D eigenvalue weighted by Gasteiger charge is -1.88. The molecule has 0 unspecified atom stereocenters. The van der Waals surface area contributed by atoms with Crippen molar-refractivity contribution in [1.29, 1.82) is 0 Å². The Balaban J connectivity index is 2.32. The Morgan fingerprint density at radius 2 is 1.50 bits per heavy atom. The van der Waals surface area contributed by atoms with Crippen LogP contribution >= 0.6 is 47.3 Å². The maximum absolute atomic E-state index is 3.68. The first kappa shape index (κ1) is 5.89. The molecule has 0 nitrogen and oxygen atoms in total. The maximum Gasteiger partial charge on any atom is -0.0791 e. The normalized spacial score (nSPS) is 9.00. The standard InChI is InChI=1S/CH2I2P/c1-4(2)3/h1H2/q-1. The summed E-state index contributed by atoms with van der Waals surface area (Å²) in [6, 6.07) is 0. The summed E-state index contributed by atoms with van der Waals surface area (Å²) < 4.78 is 0.0696. The fourth-order valence-electron chi connectivity index (χ4n) is 0. The SMILES string of the molecule is [CH2-]P(I)I. The van der Waals surface area contributed by atoms with Crippen molar-refractivity contribution in [2.45, 2.75) is 0 Å². The van der Waals surface area contributed by atoms with E-state index in [1.54, 1.807) is 0 Å². The van der Waals surface area contributed by atoms with Crippen LogP contribution in [0.1, 0.15) is 0 Å². The van der Waals surface area contributed by atoms with Crippen LogP contribution < -0.4 is 0 Å². The fraction of sp³-hybridized carbons (Fsp3) is 0. The molecule has 0 radical (unpaired) electrons. The molecule has 0 N–H and O–H groups in total. The molecule has 0 aromatic carbocycles. The van der Waals surface area contributed by atoms with Gasteiger partial charge in [-0.2, -0.15) is 0 Å². The van der Waals surface area contributed by atoms with E-state index in [2.05, 4.69) is 50.7 Å². The maximum atomic E-state index is 3.68. The van der Waals surface area contributed by atoms with Gasteiger partial charge in [-0.3, -0.25) is 6.66 Å². The average Bonchev–Trinajstić information content (AvgIpc) is 0.811. The molecular weight excluding hydrogens is 297 g/mol. The largest absolute Gasteiger partial charge is 0.298 e. The summed E-state index contributed by atoms with van der Waals surface area (Å²) in [6.45, 7) is 3.68. The van der Waals surface area contributed by atoms with Gasteiger partial charge >= 0.3 is 0 Å². The van der Waals surface area contributed by atoms with Crippen molar-refractivity contribution in [3.63, 3.8) is 0 Å². The van der Waals surface area contributed by atoms with E-state index < -0.39 is 0 Å². The lowest BCUT2D eigenvalue weighted by atomic mass is 12.0. The fourth-order valence-corrected chi connectivity index (χ4v) is 0. The molecule has 0 aromatic rings. The molecule has 4 heavy (non-hydrogen) atoms. The van der Waals surface area contributed by atoms with Crippen molar-refractivity contribution in [3.05, 3.63) is 6.66 Å². The summed E-state index contributed by atoms with van der Waals surface area (Å²) in [5, 5.41) is 0. The minimum Gasteiger partial charge on any atom is -0.298 e. The zero-order valence-corrected chi connectivity index (χ0v) is 7.12. The summed E-state index contributed by atoms with van der Waals surface area (Å²) in [6.07, 6.45) is 0. The predicted molar refractivity (Wildman–Crippen MR) is 40.3 cm³/mol. The summed E-state index contributed by atoms with van der Waals surface area (Å²) in [5.41, 5.74) is 0. The van der Waals surface area contributed by atoms with Crippen LogP contribution in [-0.4, -0.2) is 0 Å². The Labute approximate surface area is 53.5 Å². The first-order valence-corrected chi connectivity index (χ1v) is 7.75. The Bertz CT molecular complexity index is 10.8. The monoisotopic (exact) mass is 299 g/mol. The molecule has 0 aromatic heterocycles. The second-order valence-corrected chi connectivity index (χ2v) is 13.4. The van der Waals surface area contributed by atoms with Gasteiger partial charge in [0.25, 0.3) is 0 Å². The number of hydrogen-bond donors (Lipinski definition) is 0. The minimum absolute atomic E-state index is 0.0696. The quantitative estimate of drug-likeness (QED) is 0.366. The van der Waals surface area contributed by atoms with E-state index >= 15 is 0 Å². The van der Waals surface area contributed by atoms with E-state index in [9.17, 15) is 0 Å². The highest BCUT2D eigenvalue weighted by molar-refractivity contribution is 14.3. The number of hydrogen-bond acceptors (Lipinski definition) is 0. The second kappa shape index (κ2) is 3.09. The lowest BCUT2D eigenvalue weighted by molar-refractivity contribution is 2.98. The molecule has 0 bridgehead atoms. The predicted octanol–water partition coefficient (Wildman–Crippen LogP) is 2.96. The topological polar surface area (TPSA) is 0 Å². The highest BCUT2D eigenvalue weighted by Gasteiger charge is 1.59. The van der Waals surface area contributed by atoms with Crippen molar-refractivity contribution in [1.82, 2.24) is 0 Å². The number of halogens is 2. The molecule has 0 heterocycles. The van der Waals surface area contributed by atoms with Gasteiger partial charge in [0.05, 0.1) is 0 Å². The van der Waals surface area contributed by atoms with Crippen LogP contribution in [0.4, 0.5) is 0 Å². The van der Waals surface area contributed by atoms with Crippen LogP contribution in [0.25, 0.3) is 0 Å². The molecular formula is CH2I2P-. The van der Waals surface area contributed by atoms with Crippen LogP contribution in [0.5, 0.6) is 0 Å². The highest BCUT2D eigenvalue weighted by atomic mass is 127. The van der Waals surface area contributed by atoms with Crippen LogP contribution in [-0.2, 0) is 0 Å². The van der Waals surface area contributed by atoms with Gasteiger partial charge in [0, 0.05) is 0 Å². The molecule has 0 saturated heterocycles. The second-order valence-electron chi connectivity index (χ2n) is 0.303. The molecule has 3 heteroatoms. The van der Waals surface area contributed by atoms with Gasteiger partial charge in [-0.05, 0) is 0 Å². The molecule has 0 aliphatic carbocycles.